The van der Waals surface area contributed by atoms with Crippen molar-refractivity contribution in [2.75, 3.05) is 23.3 Å². The number of amides is 1. The molecule has 3 heterocycles. The van der Waals surface area contributed by atoms with Gasteiger partial charge in [0.1, 0.15) is 0 Å². The van der Waals surface area contributed by atoms with Gasteiger partial charge in [0.05, 0.1) is 11.6 Å². The van der Waals surface area contributed by atoms with Gasteiger partial charge >= 0.3 is 0 Å². The number of benzene rings is 4. The molecule has 1 aliphatic heterocycles. The number of piperidine rings is 1. The highest BCUT2D eigenvalue weighted by atomic mass is 16.3. The normalized spacial score (nSPS) is 13.8. The molecule has 2 N–H and O–H groups in total. The molecule has 0 unspecified atom stereocenters. The number of anilines is 2. The van der Waals surface area contributed by atoms with E-state index < -0.39 is 0 Å². The molecule has 1 fully saturated rings. The minimum Gasteiger partial charge on any atom is -0.393 e. The van der Waals surface area contributed by atoms with E-state index >= 15 is 0 Å². The standard InChI is InChI=1S/C39H38N4O3/c1-2-19-42-20-15-30-24-27(3-13-36(30)42)25-38(45)28-4-11-34(12-5-28)43-23-16-31-26-32(8-14-37(31)43)40-39(46)29-6-9-33(10-7-29)41-21-17-35(44)18-22-41/h3-16,20,23-24,26,35,44H,2,17-19,21-22,25H2,1H3,(H,40,46). The number of rotatable bonds is 9. The van der Waals surface area contributed by atoms with Gasteiger partial charge in [-0.1, -0.05) is 13.0 Å². The number of ketones is 1. The average Bonchev–Trinajstić information content (AvgIpc) is 3.69. The molecule has 0 radical (unpaired) electrons. The molecule has 0 bridgehead atoms. The number of nitrogens with one attached hydrogen (secondary N) is 1. The van der Waals surface area contributed by atoms with Crippen LogP contribution in [0.3, 0.4) is 0 Å². The van der Waals surface area contributed by atoms with E-state index in [-0.39, 0.29) is 17.8 Å². The van der Waals surface area contributed by atoms with Crippen molar-refractivity contribution in [1.82, 2.24) is 9.13 Å². The summed E-state index contributed by atoms with van der Waals surface area (Å²) >= 11 is 0. The van der Waals surface area contributed by atoms with E-state index in [1.54, 1.807) is 0 Å². The maximum absolute atomic E-state index is 13.1. The van der Waals surface area contributed by atoms with Crippen molar-refractivity contribution in [3.63, 3.8) is 0 Å². The minimum absolute atomic E-state index is 0.0950. The lowest BCUT2D eigenvalue weighted by atomic mass is 10.0. The zero-order valence-corrected chi connectivity index (χ0v) is 26.0. The van der Waals surface area contributed by atoms with Crippen LogP contribution in [0.4, 0.5) is 11.4 Å². The SMILES string of the molecule is CCCn1ccc2cc(CC(=O)c3ccc(-n4ccc5cc(NC(=O)c6ccc(N7CCC(O)CC7)cc6)ccc54)cc3)ccc21. The van der Waals surface area contributed by atoms with Crippen LogP contribution in [-0.2, 0) is 13.0 Å². The lowest BCUT2D eigenvalue weighted by molar-refractivity contribution is 0.0991. The smallest absolute Gasteiger partial charge is 0.255 e. The fraction of sp³-hybridized carbons (Fsp3) is 0.231. The number of aliphatic hydroxyl groups excluding tert-OH is 1. The molecule has 1 aliphatic rings. The van der Waals surface area contributed by atoms with Crippen LogP contribution >= 0.6 is 0 Å². The highest BCUT2D eigenvalue weighted by Gasteiger charge is 2.18. The summed E-state index contributed by atoms with van der Waals surface area (Å²) in [5.41, 5.74) is 7.28. The molecule has 1 saturated heterocycles. The van der Waals surface area contributed by atoms with Gasteiger partial charge in [0.2, 0.25) is 0 Å². The molecule has 4 aromatic carbocycles. The van der Waals surface area contributed by atoms with Crippen molar-refractivity contribution in [1.29, 1.82) is 0 Å². The van der Waals surface area contributed by atoms with Crippen LogP contribution < -0.4 is 10.2 Å². The van der Waals surface area contributed by atoms with Crippen molar-refractivity contribution in [3.05, 3.63) is 126 Å². The Balaban J connectivity index is 1.00. The predicted octanol–water partition coefficient (Wildman–Crippen LogP) is 7.63. The Morgan fingerprint density at radius 3 is 2.20 bits per heavy atom. The Morgan fingerprint density at radius 2 is 1.43 bits per heavy atom. The molecular weight excluding hydrogens is 572 g/mol. The molecule has 7 heteroatoms. The topological polar surface area (TPSA) is 79.5 Å². The molecule has 6 aromatic rings. The number of Topliss-reactive ketones (excluding diaryl/α,β-unsaturated/α-hetero) is 1. The fourth-order valence-electron chi connectivity index (χ4n) is 6.49. The molecule has 0 saturated carbocycles. The molecule has 0 spiro atoms. The number of aryl methyl sites for hydroxylation is 1. The fourth-order valence-corrected chi connectivity index (χ4v) is 6.49. The Bertz CT molecular complexity index is 2010. The highest BCUT2D eigenvalue weighted by molar-refractivity contribution is 6.05. The second-order valence-corrected chi connectivity index (χ2v) is 12.2. The van der Waals surface area contributed by atoms with Crippen LogP contribution in [0.25, 0.3) is 27.5 Å². The Morgan fingerprint density at radius 1 is 0.761 bits per heavy atom. The first-order chi connectivity index (χ1) is 22.4. The molecule has 7 rings (SSSR count). The summed E-state index contributed by atoms with van der Waals surface area (Å²) in [5.74, 6) is -0.0629. The third kappa shape index (κ3) is 6.06. The third-order valence-corrected chi connectivity index (χ3v) is 9.04. The van der Waals surface area contributed by atoms with Crippen molar-refractivity contribution >= 4 is 44.9 Å². The number of aromatic nitrogens is 2. The van der Waals surface area contributed by atoms with Crippen molar-refractivity contribution in [2.24, 2.45) is 0 Å². The van der Waals surface area contributed by atoms with Gasteiger partial charge in [0.25, 0.3) is 5.91 Å². The van der Waals surface area contributed by atoms with Gasteiger partial charge in [-0.25, -0.2) is 0 Å². The lowest BCUT2D eigenvalue weighted by Crippen LogP contribution is -2.35. The second kappa shape index (κ2) is 12.7. The number of carbonyl (C=O) groups excluding carboxylic acids is 2. The van der Waals surface area contributed by atoms with Gasteiger partial charge in [-0.05, 0) is 121 Å². The quantitative estimate of drug-likeness (QED) is 0.165. The van der Waals surface area contributed by atoms with Crippen LogP contribution in [0, 0.1) is 0 Å². The summed E-state index contributed by atoms with van der Waals surface area (Å²) in [4.78, 5) is 28.4. The summed E-state index contributed by atoms with van der Waals surface area (Å²) in [6.45, 7) is 4.81. The molecule has 2 aromatic heterocycles. The predicted molar refractivity (Wildman–Crippen MR) is 185 cm³/mol. The van der Waals surface area contributed by atoms with Crippen LogP contribution in [0.5, 0.6) is 0 Å². The lowest BCUT2D eigenvalue weighted by Gasteiger charge is -2.31. The summed E-state index contributed by atoms with van der Waals surface area (Å²) in [6.07, 6.45) is 6.89. The number of hydrogen-bond donors (Lipinski definition) is 2. The number of hydrogen-bond acceptors (Lipinski definition) is 4. The monoisotopic (exact) mass is 610 g/mol. The first-order valence-electron chi connectivity index (χ1n) is 16.1. The van der Waals surface area contributed by atoms with Crippen LogP contribution in [0.1, 0.15) is 52.5 Å². The first kappa shape index (κ1) is 29.6. The van der Waals surface area contributed by atoms with Crippen LogP contribution in [-0.4, -0.2) is 45.1 Å². The maximum atomic E-state index is 13.1. The summed E-state index contributed by atoms with van der Waals surface area (Å²) in [6, 6.07) is 31.7. The van der Waals surface area contributed by atoms with Crippen molar-refractivity contribution in [3.8, 4) is 5.69 Å². The Kier molecular flexibility index (Phi) is 8.16. The van der Waals surface area contributed by atoms with Gasteiger partial charge in [0, 0.05) is 77.5 Å². The highest BCUT2D eigenvalue weighted by Crippen LogP contribution is 2.26. The van der Waals surface area contributed by atoms with Gasteiger partial charge in [0.15, 0.2) is 5.78 Å². The Hall–Kier alpha value is -5.14. The van der Waals surface area contributed by atoms with E-state index in [4.69, 9.17) is 0 Å². The average molecular weight is 611 g/mol. The van der Waals surface area contributed by atoms with Gasteiger partial charge < -0.3 is 24.5 Å². The van der Waals surface area contributed by atoms with E-state index in [1.165, 1.54) is 10.9 Å². The molecule has 46 heavy (non-hydrogen) atoms. The number of nitrogens with zero attached hydrogens (tertiary/aromatic N) is 3. The first-order valence-corrected chi connectivity index (χ1v) is 16.1. The van der Waals surface area contributed by atoms with Crippen molar-refractivity contribution in [2.45, 2.75) is 45.3 Å². The van der Waals surface area contributed by atoms with E-state index in [0.717, 1.165) is 72.4 Å². The Labute approximate surface area is 268 Å². The minimum atomic E-state index is -0.214. The van der Waals surface area contributed by atoms with E-state index in [9.17, 15) is 14.7 Å². The summed E-state index contributed by atoms with van der Waals surface area (Å²) in [5, 5.41) is 15.0. The number of carbonyl (C=O) groups is 2. The molecule has 232 valence electrons. The zero-order valence-electron chi connectivity index (χ0n) is 26.0. The van der Waals surface area contributed by atoms with Gasteiger partial charge in [-0.15, -0.1) is 0 Å². The molecule has 0 atom stereocenters. The van der Waals surface area contributed by atoms with E-state index in [1.807, 2.05) is 79.0 Å². The van der Waals surface area contributed by atoms with E-state index in [2.05, 4.69) is 56.7 Å². The van der Waals surface area contributed by atoms with E-state index in [0.29, 0.717) is 17.5 Å². The zero-order chi connectivity index (χ0) is 31.6. The van der Waals surface area contributed by atoms with Crippen LogP contribution in [0.15, 0.2) is 109 Å². The van der Waals surface area contributed by atoms with Crippen LogP contribution in [0.2, 0.25) is 0 Å². The molecular formula is C39H38N4O3. The molecule has 1 amide bonds. The maximum Gasteiger partial charge on any atom is 0.255 e. The summed E-state index contributed by atoms with van der Waals surface area (Å²) in [7, 11) is 0. The number of fused-ring (bicyclic) bond motifs is 2. The van der Waals surface area contributed by atoms with Crippen molar-refractivity contribution < 1.29 is 14.7 Å². The second-order valence-electron chi connectivity index (χ2n) is 12.2. The summed E-state index contributed by atoms with van der Waals surface area (Å²) < 4.78 is 4.34. The number of aliphatic hydroxyl groups is 1. The largest absolute Gasteiger partial charge is 0.393 e. The third-order valence-electron chi connectivity index (χ3n) is 9.04. The van der Waals surface area contributed by atoms with Gasteiger partial charge in [-0.2, -0.15) is 0 Å². The molecule has 0 aliphatic carbocycles. The molecule has 7 nitrogen and oxygen atoms in total. The van der Waals surface area contributed by atoms with Gasteiger partial charge in [-0.3, -0.25) is 9.59 Å².